The average molecular weight is 419 g/mol. The Balaban J connectivity index is 2.10. The summed E-state index contributed by atoms with van der Waals surface area (Å²) in [4.78, 5) is -0.808. The molecule has 1 aliphatic heterocycles. The van der Waals surface area contributed by atoms with E-state index in [4.69, 9.17) is 0 Å². The zero-order valence-electron chi connectivity index (χ0n) is 14.8. The number of halogens is 2. The van der Waals surface area contributed by atoms with Crippen LogP contribution in [0, 0.1) is 18.6 Å². The predicted octanol–water partition coefficient (Wildman–Crippen LogP) is 1.65. The van der Waals surface area contributed by atoms with Gasteiger partial charge < -0.3 is 0 Å². The number of nitrogens with zero attached hydrogens (tertiary/aromatic N) is 3. The zero-order valence-corrected chi connectivity index (χ0v) is 16.4. The van der Waals surface area contributed by atoms with Crippen LogP contribution in [0.3, 0.4) is 0 Å². The molecule has 7 nitrogen and oxygen atoms in total. The molecule has 0 saturated carbocycles. The summed E-state index contributed by atoms with van der Waals surface area (Å²) in [7, 11) is -7.95. The van der Waals surface area contributed by atoms with E-state index < -0.39 is 48.2 Å². The van der Waals surface area contributed by atoms with Crippen molar-refractivity contribution < 1.29 is 25.6 Å². The van der Waals surface area contributed by atoms with Gasteiger partial charge in [0.15, 0.2) is 9.84 Å². The maximum absolute atomic E-state index is 14.3. The highest BCUT2D eigenvalue weighted by atomic mass is 32.2. The van der Waals surface area contributed by atoms with Gasteiger partial charge in [-0.2, -0.15) is 9.40 Å². The molecule has 0 unspecified atom stereocenters. The van der Waals surface area contributed by atoms with Gasteiger partial charge in [-0.3, -0.25) is 4.68 Å². The summed E-state index contributed by atoms with van der Waals surface area (Å²) in [5, 5.41) is 4.06. The Kier molecular flexibility index (Phi) is 5.12. The van der Waals surface area contributed by atoms with Crippen LogP contribution in [-0.4, -0.2) is 49.0 Å². The highest BCUT2D eigenvalue weighted by Gasteiger charge is 2.41. The van der Waals surface area contributed by atoms with Crippen molar-refractivity contribution in [3.63, 3.8) is 0 Å². The first kappa shape index (κ1) is 19.9. The number of hydrogen-bond donors (Lipinski definition) is 0. The third kappa shape index (κ3) is 3.76. The second-order valence-corrected chi connectivity index (χ2v) is 10.5. The van der Waals surface area contributed by atoms with Gasteiger partial charge >= 0.3 is 0 Å². The van der Waals surface area contributed by atoms with Crippen LogP contribution in [0.1, 0.15) is 24.1 Å². The van der Waals surface area contributed by atoms with Gasteiger partial charge in [0.05, 0.1) is 23.7 Å². The normalized spacial score (nSPS) is 20.7. The van der Waals surface area contributed by atoms with Gasteiger partial charge in [-0.25, -0.2) is 25.6 Å². The van der Waals surface area contributed by atoms with Crippen LogP contribution in [0.25, 0.3) is 0 Å². The summed E-state index contributed by atoms with van der Waals surface area (Å²) < 4.78 is 80.9. The van der Waals surface area contributed by atoms with Gasteiger partial charge in [0.2, 0.25) is 10.0 Å². The molecule has 1 saturated heterocycles. The molecule has 1 aromatic carbocycles. The molecule has 0 bridgehead atoms. The summed E-state index contributed by atoms with van der Waals surface area (Å²) in [5.41, 5.74) is 0.366. The lowest BCUT2D eigenvalue weighted by Crippen LogP contribution is -2.46. The fourth-order valence-corrected chi connectivity index (χ4v) is 6.40. The Labute approximate surface area is 156 Å². The summed E-state index contributed by atoms with van der Waals surface area (Å²) in [6.45, 7) is 3.32. The van der Waals surface area contributed by atoms with Crippen molar-refractivity contribution in [2.45, 2.75) is 31.3 Å². The fraction of sp³-hybridized carbons (Fsp3) is 0.438. The van der Waals surface area contributed by atoms with Crippen molar-refractivity contribution in [2.75, 3.05) is 18.1 Å². The smallest absolute Gasteiger partial charge is 0.246 e. The van der Waals surface area contributed by atoms with Gasteiger partial charge in [0.1, 0.15) is 16.5 Å². The van der Waals surface area contributed by atoms with Crippen LogP contribution < -0.4 is 0 Å². The first-order valence-corrected chi connectivity index (χ1v) is 11.5. The molecule has 0 N–H and O–H groups in total. The van der Waals surface area contributed by atoms with E-state index in [1.807, 2.05) is 6.92 Å². The number of aromatic nitrogens is 2. The Morgan fingerprint density at radius 1 is 1.26 bits per heavy atom. The molecule has 0 amide bonds. The Bertz CT molecular complexity index is 1080. The summed E-state index contributed by atoms with van der Waals surface area (Å²) >= 11 is 0. The van der Waals surface area contributed by atoms with E-state index in [2.05, 4.69) is 5.10 Å². The molecule has 2 heterocycles. The van der Waals surface area contributed by atoms with Crippen molar-refractivity contribution in [3.8, 4) is 0 Å². The summed E-state index contributed by atoms with van der Waals surface area (Å²) in [6, 6.07) is 0.390. The van der Waals surface area contributed by atoms with Crippen molar-refractivity contribution in [3.05, 3.63) is 47.3 Å². The molecule has 1 atom stereocenters. The third-order valence-electron chi connectivity index (χ3n) is 4.54. The Hall–Kier alpha value is -1.85. The highest BCUT2D eigenvalue weighted by molar-refractivity contribution is 7.92. The molecule has 1 aromatic heterocycles. The number of hydrogen-bond acceptors (Lipinski definition) is 5. The molecular formula is C16H19F2N3O4S2. The SMILES string of the molecule is CCn1cc([C@H]2CS(=O)(=O)CCN2S(=O)(=O)c2cc(F)c(C)cc2F)cn1. The quantitative estimate of drug-likeness (QED) is 0.752. The molecule has 148 valence electrons. The van der Waals surface area contributed by atoms with Crippen LogP contribution >= 0.6 is 0 Å². The third-order valence-corrected chi connectivity index (χ3v) is 8.10. The standard InChI is InChI=1S/C16H19F2N3O4S2/c1-3-20-9-12(8-19-20)15-10-26(22,23)5-4-21(15)27(24,25)16-7-13(17)11(2)6-14(16)18/h6-9,15H,3-5,10H2,1-2H3/t15-/m1/s1. The molecule has 0 aliphatic carbocycles. The number of rotatable bonds is 4. The highest BCUT2D eigenvalue weighted by Crippen LogP contribution is 2.33. The molecule has 1 aliphatic rings. The van der Waals surface area contributed by atoms with E-state index in [1.165, 1.54) is 17.8 Å². The van der Waals surface area contributed by atoms with Crippen LogP contribution in [0.5, 0.6) is 0 Å². The second kappa shape index (κ2) is 6.95. The Morgan fingerprint density at radius 3 is 2.59 bits per heavy atom. The second-order valence-electron chi connectivity index (χ2n) is 6.41. The van der Waals surface area contributed by atoms with Gasteiger partial charge in [0, 0.05) is 24.8 Å². The predicted molar refractivity (Wildman–Crippen MR) is 94.3 cm³/mol. The van der Waals surface area contributed by atoms with Crippen LogP contribution in [0.2, 0.25) is 0 Å². The van der Waals surface area contributed by atoms with Crippen LogP contribution in [0.15, 0.2) is 29.4 Å². The molecule has 1 fully saturated rings. The first-order chi connectivity index (χ1) is 12.5. The van der Waals surface area contributed by atoms with E-state index in [9.17, 15) is 25.6 Å². The minimum Gasteiger partial charge on any atom is -0.273 e. The lowest BCUT2D eigenvalue weighted by molar-refractivity contribution is 0.342. The van der Waals surface area contributed by atoms with Crippen molar-refractivity contribution in [1.29, 1.82) is 0 Å². The maximum Gasteiger partial charge on any atom is 0.246 e. The fourth-order valence-electron chi connectivity index (χ4n) is 3.02. The Morgan fingerprint density at radius 2 is 1.96 bits per heavy atom. The molecule has 0 spiro atoms. The molecule has 11 heteroatoms. The lowest BCUT2D eigenvalue weighted by Gasteiger charge is -2.34. The van der Waals surface area contributed by atoms with Crippen molar-refractivity contribution >= 4 is 19.9 Å². The zero-order chi connectivity index (χ0) is 20.0. The number of aryl methyl sites for hydroxylation is 2. The molecule has 2 aromatic rings. The van der Waals surface area contributed by atoms with Gasteiger partial charge in [-0.1, -0.05) is 0 Å². The van der Waals surface area contributed by atoms with Gasteiger partial charge in [-0.15, -0.1) is 0 Å². The van der Waals surface area contributed by atoms with Gasteiger partial charge in [0.25, 0.3) is 0 Å². The van der Waals surface area contributed by atoms with E-state index >= 15 is 0 Å². The molecule has 3 rings (SSSR count). The van der Waals surface area contributed by atoms with Crippen LogP contribution in [-0.2, 0) is 26.4 Å². The topological polar surface area (TPSA) is 89.3 Å². The number of sulfone groups is 1. The summed E-state index contributed by atoms with van der Waals surface area (Å²) in [6.07, 6.45) is 2.95. The lowest BCUT2D eigenvalue weighted by atomic mass is 10.2. The molecular weight excluding hydrogens is 400 g/mol. The minimum atomic E-state index is -4.46. The van der Waals surface area contributed by atoms with Gasteiger partial charge in [-0.05, 0) is 31.5 Å². The number of sulfonamides is 1. The van der Waals surface area contributed by atoms with E-state index in [0.29, 0.717) is 18.2 Å². The maximum atomic E-state index is 14.3. The molecule has 27 heavy (non-hydrogen) atoms. The van der Waals surface area contributed by atoms with Crippen LogP contribution in [0.4, 0.5) is 8.78 Å². The average Bonchev–Trinajstić information content (AvgIpc) is 3.06. The van der Waals surface area contributed by atoms with Crippen molar-refractivity contribution in [1.82, 2.24) is 14.1 Å². The van der Waals surface area contributed by atoms with Crippen molar-refractivity contribution in [2.24, 2.45) is 0 Å². The first-order valence-electron chi connectivity index (χ1n) is 8.25. The summed E-state index contributed by atoms with van der Waals surface area (Å²) in [5.74, 6) is -2.77. The van der Waals surface area contributed by atoms with E-state index in [-0.39, 0.29) is 17.9 Å². The van der Waals surface area contributed by atoms with E-state index in [0.717, 1.165) is 10.4 Å². The number of benzene rings is 1. The monoisotopic (exact) mass is 419 g/mol. The minimum absolute atomic E-state index is 0.0200. The molecule has 0 radical (unpaired) electrons. The van der Waals surface area contributed by atoms with E-state index in [1.54, 1.807) is 6.20 Å². The largest absolute Gasteiger partial charge is 0.273 e.